The van der Waals surface area contributed by atoms with Gasteiger partial charge in [0.05, 0.1) is 0 Å². The highest BCUT2D eigenvalue weighted by Crippen LogP contribution is 2.38. The molecule has 0 N–H and O–H groups in total. The molecule has 162 valence electrons. The minimum absolute atomic E-state index is 0.0654. The number of carbonyl (C=O) groups is 1. The number of nitrogens with zero attached hydrogens (tertiary/aromatic N) is 2. The van der Waals surface area contributed by atoms with E-state index in [0.29, 0.717) is 17.7 Å². The van der Waals surface area contributed by atoms with Gasteiger partial charge in [-0.05, 0) is 61.6 Å². The Kier molecular flexibility index (Phi) is 7.26. The summed E-state index contributed by atoms with van der Waals surface area (Å²) in [6.45, 7) is 11.1. The van der Waals surface area contributed by atoms with Crippen molar-refractivity contribution in [2.75, 3.05) is 39.8 Å². The standard InChI is InChI=1S/C25H40N2O2/c1-24(2,3)19-23(28)27-15-13-25(14-16-27)12-8-7-10-21-9-5-6-11-22(21)29-18-17-26(4)20-25/h5-6,9,11H,7-8,10,12-20H2,1-4H3. The topological polar surface area (TPSA) is 32.8 Å². The van der Waals surface area contributed by atoms with Crippen LogP contribution in [0.4, 0.5) is 0 Å². The Balaban J connectivity index is 1.62. The number of piperidine rings is 1. The molecule has 0 saturated carbocycles. The molecule has 1 fully saturated rings. The van der Waals surface area contributed by atoms with Crippen LogP contribution in [0.25, 0.3) is 0 Å². The second-order valence-corrected chi connectivity index (χ2v) is 10.5. The van der Waals surface area contributed by atoms with Gasteiger partial charge in [-0.15, -0.1) is 0 Å². The van der Waals surface area contributed by atoms with Gasteiger partial charge in [0, 0.05) is 32.6 Å². The maximum atomic E-state index is 12.7. The zero-order valence-corrected chi connectivity index (χ0v) is 19.0. The molecule has 2 aliphatic heterocycles. The summed E-state index contributed by atoms with van der Waals surface area (Å²) in [4.78, 5) is 17.2. The lowest BCUT2D eigenvalue weighted by molar-refractivity contribution is -0.135. The molecule has 29 heavy (non-hydrogen) atoms. The highest BCUT2D eigenvalue weighted by molar-refractivity contribution is 5.76. The number of hydrogen-bond acceptors (Lipinski definition) is 3. The first-order valence-corrected chi connectivity index (χ1v) is 11.4. The predicted molar refractivity (Wildman–Crippen MR) is 119 cm³/mol. The molecule has 0 aromatic heterocycles. The van der Waals surface area contributed by atoms with E-state index in [1.165, 1.54) is 24.8 Å². The van der Waals surface area contributed by atoms with Gasteiger partial charge in [0.2, 0.25) is 5.91 Å². The average molecular weight is 401 g/mol. The Labute approximate surface area is 177 Å². The minimum atomic E-state index is 0.0654. The van der Waals surface area contributed by atoms with Gasteiger partial charge in [0.25, 0.3) is 0 Å². The molecule has 1 saturated heterocycles. The molecule has 4 nitrogen and oxygen atoms in total. The number of amides is 1. The Bertz CT molecular complexity index is 672. The summed E-state index contributed by atoms with van der Waals surface area (Å²) < 4.78 is 6.11. The first-order chi connectivity index (χ1) is 13.8. The Hall–Kier alpha value is -1.55. The summed E-state index contributed by atoms with van der Waals surface area (Å²) in [6, 6.07) is 8.50. The summed E-state index contributed by atoms with van der Waals surface area (Å²) >= 11 is 0. The number of ether oxygens (including phenoxy) is 1. The zero-order valence-electron chi connectivity index (χ0n) is 19.0. The van der Waals surface area contributed by atoms with Crippen LogP contribution in [0.2, 0.25) is 0 Å². The lowest BCUT2D eigenvalue weighted by atomic mass is 9.73. The molecule has 1 spiro atoms. The second-order valence-electron chi connectivity index (χ2n) is 10.5. The first kappa shape index (κ1) is 22.1. The van der Waals surface area contributed by atoms with Crippen molar-refractivity contribution in [3.05, 3.63) is 29.8 Å². The number of hydrogen-bond donors (Lipinski definition) is 0. The Morgan fingerprint density at radius 2 is 1.79 bits per heavy atom. The van der Waals surface area contributed by atoms with E-state index in [1.54, 1.807) is 0 Å². The van der Waals surface area contributed by atoms with Crippen molar-refractivity contribution in [2.45, 2.75) is 65.7 Å². The highest BCUT2D eigenvalue weighted by atomic mass is 16.5. The average Bonchev–Trinajstić information content (AvgIpc) is 2.64. The maximum absolute atomic E-state index is 12.7. The van der Waals surface area contributed by atoms with Gasteiger partial charge in [-0.1, -0.05) is 45.4 Å². The van der Waals surface area contributed by atoms with E-state index in [-0.39, 0.29) is 5.41 Å². The van der Waals surface area contributed by atoms with E-state index >= 15 is 0 Å². The molecule has 0 radical (unpaired) electrons. The molecule has 0 atom stereocenters. The van der Waals surface area contributed by atoms with Crippen LogP contribution in [0, 0.1) is 10.8 Å². The zero-order chi connectivity index (χ0) is 20.9. The van der Waals surface area contributed by atoms with Crippen LogP contribution in [0.1, 0.15) is 64.9 Å². The van der Waals surface area contributed by atoms with E-state index in [1.807, 2.05) is 0 Å². The van der Waals surface area contributed by atoms with E-state index < -0.39 is 0 Å². The minimum Gasteiger partial charge on any atom is -0.492 e. The summed E-state index contributed by atoms with van der Waals surface area (Å²) in [7, 11) is 2.22. The molecule has 0 bridgehead atoms. The van der Waals surface area contributed by atoms with Crippen molar-refractivity contribution in [2.24, 2.45) is 10.8 Å². The van der Waals surface area contributed by atoms with E-state index in [0.717, 1.165) is 57.8 Å². The molecule has 2 heterocycles. The van der Waals surface area contributed by atoms with Crippen LogP contribution in [0.5, 0.6) is 5.75 Å². The van der Waals surface area contributed by atoms with Gasteiger partial charge in [-0.25, -0.2) is 0 Å². The molecule has 1 aromatic rings. The van der Waals surface area contributed by atoms with Crippen molar-refractivity contribution < 1.29 is 9.53 Å². The largest absolute Gasteiger partial charge is 0.492 e. The van der Waals surface area contributed by atoms with Crippen molar-refractivity contribution >= 4 is 5.91 Å². The first-order valence-electron chi connectivity index (χ1n) is 11.4. The number of benzene rings is 1. The summed E-state index contributed by atoms with van der Waals surface area (Å²) in [6.07, 6.45) is 7.72. The van der Waals surface area contributed by atoms with E-state index in [4.69, 9.17) is 4.74 Å². The number of rotatable bonds is 1. The Morgan fingerprint density at radius 1 is 1.07 bits per heavy atom. The fourth-order valence-corrected chi connectivity index (χ4v) is 4.91. The smallest absolute Gasteiger partial charge is 0.223 e. The number of fused-ring (bicyclic) bond motifs is 1. The Morgan fingerprint density at radius 3 is 2.52 bits per heavy atom. The van der Waals surface area contributed by atoms with Crippen LogP contribution in [0.15, 0.2) is 24.3 Å². The van der Waals surface area contributed by atoms with Crippen LogP contribution >= 0.6 is 0 Å². The molecule has 0 aliphatic carbocycles. The molecule has 2 aliphatic rings. The number of aryl methyl sites for hydroxylation is 1. The fraction of sp³-hybridized carbons (Fsp3) is 0.720. The maximum Gasteiger partial charge on any atom is 0.223 e. The number of para-hydroxylation sites is 1. The fourth-order valence-electron chi connectivity index (χ4n) is 4.91. The van der Waals surface area contributed by atoms with Crippen molar-refractivity contribution in [3.63, 3.8) is 0 Å². The summed E-state index contributed by atoms with van der Waals surface area (Å²) in [5, 5.41) is 0. The molecule has 4 heteroatoms. The van der Waals surface area contributed by atoms with Gasteiger partial charge >= 0.3 is 0 Å². The summed E-state index contributed by atoms with van der Waals surface area (Å²) in [5.74, 6) is 1.39. The number of carbonyl (C=O) groups excluding carboxylic acids is 1. The monoisotopic (exact) mass is 400 g/mol. The SMILES string of the molecule is CN1CCOc2ccccc2CCCCC2(CCN(C(=O)CC(C)(C)C)CC2)C1. The third-order valence-corrected chi connectivity index (χ3v) is 6.57. The molecule has 1 aromatic carbocycles. The van der Waals surface area contributed by atoms with Crippen LogP contribution in [-0.4, -0.2) is 55.5 Å². The predicted octanol–water partition coefficient (Wildman–Crippen LogP) is 4.77. The lowest BCUT2D eigenvalue weighted by Crippen LogP contribution is -2.48. The number of likely N-dealkylation sites (tertiary alicyclic amines) is 1. The van der Waals surface area contributed by atoms with Crippen molar-refractivity contribution in [1.82, 2.24) is 9.80 Å². The molecule has 3 rings (SSSR count). The van der Waals surface area contributed by atoms with Gasteiger partial charge in [0.1, 0.15) is 12.4 Å². The van der Waals surface area contributed by atoms with Crippen molar-refractivity contribution in [1.29, 1.82) is 0 Å². The number of likely N-dealkylation sites (N-methyl/N-ethyl adjacent to an activating group) is 1. The normalized spacial score (nSPS) is 21.6. The molecular formula is C25H40N2O2. The van der Waals surface area contributed by atoms with Gasteiger partial charge in [-0.3, -0.25) is 4.79 Å². The molecular weight excluding hydrogens is 360 g/mol. The van der Waals surface area contributed by atoms with E-state index in [2.05, 4.69) is 61.9 Å². The molecule has 1 amide bonds. The van der Waals surface area contributed by atoms with Gasteiger partial charge in [-0.2, -0.15) is 0 Å². The quantitative estimate of drug-likeness (QED) is 0.681. The van der Waals surface area contributed by atoms with Gasteiger partial charge in [0.15, 0.2) is 0 Å². The third-order valence-electron chi connectivity index (χ3n) is 6.57. The van der Waals surface area contributed by atoms with Gasteiger partial charge < -0.3 is 14.5 Å². The molecule has 0 unspecified atom stereocenters. The second kappa shape index (κ2) is 9.51. The van der Waals surface area contributed by atoms with E-state index in [9.17, 15) is 4.79 Å². The third kappa shape index (κ3) is 6.47. The van der Waals surface area contributed by atoms with Crippen LogP contribution < -0.4 is 4.74 Å². The highest BCUT2D eigenvalue weighted by Gasteiger charge is 2.37. The summed E-state index contributed by atoms with van der Waals surface area (Å²) in [5.41, 5.74) is 1.74. The lowest BCUT2D eigenvalue weighted by Gasteiger charge is -2.44. The van der Waals surface area contributed by atoms with Crippen LogP contribution in [-0.2, 0) is 11.2 Å². The van der Waals surface area contributed by atoms with Crippen molar-refractivity contribution in [3.8, 4) is 5.75 Å². The van der Waals surface area contributed by atoms with Crippen LogP contribution in [0.3, 0.4) is 0 Å².